The molecule has 2 N–H and O–H groups in total. The summed E-state index contributed by atoms with van der Waals surface area (Å²) in [5.74, 6) is 4.40. The second-order valence-corrected chi connectivity index (χ2v) is 22.0. The topological polar surface area (TPSA) is 146 Å². The van der Waals surface area contributed by atoms with Crippen molar-refractivity contribution >= 4 is 23.5 Å². The highest BCUT2D eigenvalue weighted by Crippen LogP contribution is 2.58. The minimum absolute atomic E-state index is 0.00490. The van der Waals surface area contributed by atoms with Crippen LogP contribution in [-0.2, 0) is 33.0 Å². The summed E-state index contributed by atoms with van der Waals surface area (Å²) in [5, 5.41) is 20.7. The Labute approximate surface area is 438 Å². The number of aromatic hydroxyl groups is 1. The van der Waals surface area contributed by atoms with E-state index in [1.165, 1.54) is 25.0 Å². The van der Waals surface area contributed by atoms with E-state index in [0.29, 0.717) is 40.2 Å². The lowest BCUT2D eigenvalue weighted by molar-refractivity contribution is -0.172. The molecule has 2 aliphatic carbocycles. The predicted octanol–water partition coefficient (Wildman–Crippen LogP) is 14.5. The van der Waals surface area contributed by atoms with Crippen molar-refractivity contribution < 1.29 is 48.3 Å². The number of ether oxygens (including phenoxy) is 4. The molecular weight excluding hydrogens is 929 g/mol. The van der Waals surface area contributed by atoms with Crippen LogP contribution in [0.4, 0.5) is 0 Å². The number of unbranched alkanes of at least 4 members (excludes halogenated alkanes) is 4. The van der Waals surface area contributed by atoms with Gasteiger partial charge >= 0.3 is 11.9 Å². The van der Waals surface area contributed by atoms with E-state index >= 15 is 0 Å². The minimum atomic E-state index is -1.51. The fraction of sp³-hybridized carbons (Fsp3) is 0.469. The molecule has 5 atom stereocenters. The zero-order valence-corrected chi connectivity index (χ0v) is 45.2. The summed E-state index contributed by atoms with van der Waals surface area (Å²) in [4.78, 5) is 48.7. The van der Waals surface area contributed by atoms with E-state index in [1.54, 1.807) is 0 Å². The lowest BCUT2D eigenvalue weighted by Crippen LogP contribution is -2.47. The summed E-state index contributed by atoms with van der Waals surface area (Å²) < 4.78 is 25.9. The van der Waals surface area contributed by atoms with Gasteiger partial charge in [-0.2, -0.15) is 0 Å². The van der Waals surface area contributed by atoms with Crippen molar-refractivity contribution in [1.82, 2.24) is 0 Å². The quantitative estimate of drug-likeness (QED) is 0.0609. The molecule has 10 nitrogen and oxygen atoms in total. The number of aryl methyl sites for hydroxylation is 2. The Balaban J connectivity index is 0.000000187. The first-order valence-electron chi connectivity index (χ1n) is 26.8. The number of Topliss-reactive ketones (excluding diaryl/α,β-unsaturated/α-hetero) is 2. The molecular formula is C64H76O10. The number of benzene rings is 4. The van der Waals surface area contributed by atoms with Gasteiger partial charge in [0.15, 0.2) is 0 Å². The van der Waals surface area contributed by atoms with Crippen LogP contribution < -0.4 is 14.2 Å². The van der Waals surface area contributed by atoms with Gasteiger partial charge in [-0.15, -0.1) is 0 Å². The lowest BCUT2D eigenvalue weighted by atomic mass is 9.67. The molecule has 5 aliphatic rings. The molecule has 3 heterocycles. The summed E-state index contributed by atoms with van der Waals surface area (Å²) in [7, 11) is 0. The zero-order chi connectivity index (χ0) is 53.5. The molecule has 0 radical (unpaired) electrons. The number of fused-ring (bicyclic) bond motifs is 8. The fourth-order valence-corrected chi connectivity index (χ4v) is 11.7. The van der Waals surface area contributed by atoms with Crippen molar-refractivity contribution in [2.75, 3.05) is 0 Å². The third-order valence-corrected chi connectivity index (χ3v) is 15.3. The van der Waals surface area contributed by atoms with Crippen molar-refractivity contribution in [3.05, 3.63) is 141 Å². The summed E-state index contributed by atoms with van der Waals surface area (Å²) in [6.45, 7) is 20.0. The Kier molecular flexibility index (Phi) is 17.4. The number of carboxylic acids is 1. The Morgan fingerprint density at radius 3 is 1.73 bits per heavy atom. The monoisotopic (exact) mass is 1000 g/mol. The molecule has 9 rings (SSSR count). The Bertz CT molecular complexity index is 2860. The van der Waals surface area contributed by atoms with Crippen molar-refractivity contribution in [2.24, 2.45) is 11.8 Å². The summed E-state index contributed by atoms with van der Waals surface area (Å²) in [6, 6.07) is 22.7. The van der Waals surface area contributed by atoms with E-state index in [1.807, 2.05) is 72.8 Å². The van der Waals surface area contributed by atoms with Crippen LogP contribution in [0.3, 0.4) is 0 Å². The maximum absolute atomic E-state index is 13.9. The van der Waals surface area contributed by atoms with Crippen LogP contribution in [0.5, 0.6) is 23.0 Å². The second kappa shape index (κ2) is 23.3. The number of rotatable bonds is 12. The molecule has 0 amide bonds. The van der Waals surface area contributed by atoms with E-state index in [9.17, 15) is 29.4 Å². The lowest BCUT2D eigenvalue weighted by Gasteiger charge is -2.48. The molecule has 10 heteroatoms. The first-order chi connectivity index (χ1) is 35.2. The van der Waals surface area contributed by atoms with Gasteiger partial charge in [0.1, 0.15) is 51.1 Å². The van der Waals surface area contributed by atoms with Gasteiger partial charge in [0.25, 0.3) is 5.79 Å². The van der Waals surface area contributed by atoms with Gasteiger partial charge in [0.2, 0.25) is 5.78 Å². The number of carbonyl (C=O) groups is 4. The molecule has 0 fully saturated rings. The van der Waals surface area contributed by atoms with E-state index in [-0.39, 0.29) is 64.2 Å². The molecule has 4 aromatic carbocycles. The fourth-order valence-electron chi connectivity index (χ4n) is 11.7. The smallest absolute Gasteiger partial charge is 0.345 e. The number of carboxylic acid groups (broad SMARTS) is 1. The minimum Gasteiger partial charge on any atom is -0.507 e. The summed E-state index contributed by atoms with van der Waals surface area (Å²) in [5.41, 5.74) is 7.14. The summed E-state index contributed by atoms with van der Waals surface area (Å²) in [6.07, 6.45) is 16.0. The standard InChI is InChI=1S/C32H38O5.C22H30O4.C10H8O/c1-6-7-9-12-22-18-26-28(24-17-20(2)15-16-25(24)31(4,5)35-26)29-27(22)30(34)37-32(36-29,19-21(3)33)23-13-10-8-11-14-23;1-5-6-7-8-14-12-17-19(20(23)18(14)21(24)25)15-11-13(2)9-10-16(15)22(3,4)26-17;1-9(11)7-8-10-5-3-2-4-6-10/h8,10-11,13-14,17-18,24-25H,6-7,9,12,15-16,19H2,1-5H3;11-12,15-16,23H,5-10H2,1-4H3,(H,24,25);2-6H,1H3/t24-,25-,32?;15-,16-;/m11./s1. The number of phenols is 1. The SMILES string of the molecule is CC(=O)C#Cc1ccccc1.CCCCCc1cc2c(c(O)c1C(=O)O)[C@@H]1C=C(C)CC[C@H]1C(C)(C)O2.CCCCCc1cc2c(c3c1C(=O)OC(CC(C)=O)(c1ccccc1)O3)[C@@H]1C=C(C)CC[C@H]1C(C)(C)O2. The molecule has 4 aromatic rings. The molecule has 0 spiro atoms. The van der Waals surface area contributed by atoms with Gasteiger partial charge in [-0.1, -0.05) is 117 Å². The van der Waals surface area contributed by atoms with Gasteiger partial charge in [-0.25, -0.2) is 9.59 Å². The average molecular weight is 1010 g/mol. The van der Waals surface area contributed by atoms with E-state index in [0.717, 1.165) is 93.1 Å². The number of esters is 1. The summed E-state index contributed by atoms with van der Waals surface area (Å²) >= 11 is 0. The van der Waals surface area contributed by atoms with E-state index in [2.05, 4.69) is 79.4 Å². The van der Waals surface area contributed by atoms with Crippen LogP contribution in [-0.4, -0.2) is 44.9 Å². The third-order valence-electron chi connectivity index (χ3n) is 15.3. The van der Waals surface area contributed by atoms with Crippen LogP contribution in [0.1, 0.15) is 206 Å². The first kappa shape index (κ1) is 55.2. The second-order valence-electron chi connectivity index (χ2n) is 22.0. The molecule has 74 heavy (non-hydrogen) atoms. The molecule has 0 saturated carbocycles. The van der Waals surface area contributed by atoms with Crippen LogP contribution in [0, 0.1) is 23.7 Å². The molecule has 3 aliphatic heterocycles. The van der Waals surface area contributed by atoms with E-state index in [4.69, 9.17) is 18.9 Å². The number of carbonyl (C=O) groups excluding carboxylic acids is 3. The Morgan fingerprint density at radius 2 is 1.20 bits per heavy atom. The predicted molar refractivity (Wildman–Crippen MR) is 289 cm³/mol. The molecule has 0 aromatic heterocycles. The number of ketones is 2. The highest BCUT2D eigenvalue weighted by molar-refractivity contribution is 5.97. The maximum Gasteiger partial charge on any atom is 0.345 e. The molecule has 0 bridgehead atoms. The number of aromatic carboxylic acids is 1. The largest absolute Gasteiger partial charge is 0.507 e. The zero-order valence-electron chi connectivity index (χ0n) is 45.2. The van der Waals surface area contributed by atoms with Gasteiger partial charge < -0.3 is 29.2 Å². The Hall–Kier alpha value is -6.60. The third kappa shape index (κ3) is 12.2. The molecule has 392 valence electrons. The van der Waals surface area contributed by atoms with Crippen LogP contribution in [0.2, 0.25) is 0 Å². The highest BCUT2D eigenvalue weighted by atomic mass is 16.7. The van der Waals surface area contributed by atoms with Crippen molar-refractivity contribution in [2.45, 2.75) is 182 Å². The average Bonchev–Trinajstić information content (AvgIpc) is 3.33. The van der Waals surface area contributed by atoms with Crippen molar-refractivity contribution in [3.63, 3.8) is 0 Å². The van der Waals surface area contributed by atoms with E-state index < -0.39 is 17.7 Å². The normalized spacial score (nSPS) is 22.2. The number of hydrogen-bond acceptors (Lipinski definition) is 9. The van der Waals surface area contributed by atoms with Gasteiger partial charge in [0, 0.05) is 52.8 Å². The van der Waals surface area contributed by atoms with Crippen molar-refractivity contribution in [1.29, 1.82) is 0 Å². The molecule has 0 saturated heterocycles. The van der Waals surface area contributed by atoms with Crippen LogP contribution >= 0.6 is 0 Å². The maximum atomic E-state index is 13.9. The number of allylic oxidation sites excluding steroid dienone is 4. The van der Waals surface area contributed by atoms with Crippen LogP contribution in [0.15, 0.2) is 96.1 Å². The number of hydrogen-bond donors (Lipinski definition) is 2. The first-order valence-corrected chi connectivity index (χ1v) is 26.8. The van der Waals surface area contributed by atoms with Crippen molar-refractivity contribution in [3.8, 4) is 34.8 Å². The molecule has 1 unspecified atom stereocenters. The van der Waals surface area contributed by atoms with Crippen LogP contribution in [0.25, 0.3) is 0 Å². The highest BCUT2D eigenvalue weighted by Gasteiger charge is 2.52. The Morgan fingerprint density at radius 1 is 0.689 bits per heavy atom. The van der Waals surface area contributed by atoms with Gasteiger partial charge in [-0.3, -0.25) is 9.59 Å². The van der Waals surface area contributed by atoms with Gasteiger partial charge in [0.05, 0.1) is 6.42 Å². The number of cyclic esters (lactones) is 1. The van der Waals surface area contributed by atoms with Gasteiger partial charge in [-0.05, 0) is 141 Å².